The van der Waals surface area contributed by atoms with Gasteiger partial charge in [0, 0.05) is 18.3 Å². The Morgan fingerprint density at radius 3 is 2.92 bits per heavy atom. The van der Waals surface area contributed by atoms with Crippen molar-refractivity contribution in [1.82, 2.24) is 5.32 Å². The lowest BCUT2D eigenvalue weighted by molar-refractivity contribution is -0.136. The summed E-state index contributed by atoms with van der Waals surface area (Å²) in [5, 5.41) is 2.96. The molecule has 0 rings (SSSR count). The Labute approximate surface area is 72.8 Å². The summed E-state index contributed by atoms with van der Waals surface area (Å²) < 4.78 is 4.62. The van der Waals surface area contributed by atoms with Crippen LogP contribution in [0.4, 0.5) is 0 Å². The molecule has 0 unspecified atom stereocenters. The van der Waals surface area contributed by atoms with Crippen LogP contribution in [0.1, 0.15) is 13.8 Å². The van der Waals surface area contributed by atoms with E-state index in [-0.39, 0.29) is 6.61 Å². The van der Waals surface area contributed by atoms with Crippen LogP contribution in [0.3, 0.4) is 0 Å². The Morgan fingerprint density at radius 2 is 2.42 bits per heavy atom. The molecule has 1 N–H and O–H groups in total. The number of esters is 1. The quantitative estimate of drug-likeness (QED) is 0.380. The second kappa shape index (κ2) is 6.29. The molecule has 0 aliphatic rings. The standard InChI is InChI=1S/C9H13NO2/c1-4-6-12-9(11)7-8(3)10-5-2/h1,7,10H,5-6H2,2-3H3. The van der Waals surface area contributed by atoms with E-state index in [0.717, 1.165) is 12.2 Å². The van der Waals surface area contributed by atoms with Crippen LogP contribution in [0, 0.1) is 12.3 Å². The van der Waals surface area contributed by atoms with Crippen LogP contribution in [-0.2, 0) is 9.53 Å². The first-order valence-corrected chi connectivity index (χ1v) is 3.73. The molecule has 0 atom stereocenters. The van der Waals surface area contributed by atoms with Gasteiger partial charge in [-0.05, 0) is 13.8 Å². The summed E-state index contributed by atoms with van der Waals surface area (Å²) in [5.74, 6) is 1.80. The molecule has 0 fully saturated rings. The summed E-state index contributed by atoms with van der Waals surface area (Å²) >= 11 is 0. The number of rotatable bonds is 4. The first-order valence-electron chi connectivity index (χ1n) is 3.73. The van der Waals surface area contributed by atoms with Crippen molar-refractivity contribution in [2.24, 2.45) is 0 Å². The van der Waals surface area contributed by atoms with Gasteiger partial charge in [-0.3, -0.25) is 0 Å². The minimum Gasteiger partial charge on any atom is -0.449 e. The highest BCUT2D eigenvalue weighted by Crippen LogP contribution is 1.88. The number of carbonyl (C=O) groups excluding carboxylic acids is 1. The van der Waals surface area contributed by atoms with E-state index in [0.29, 0.717) is 0 Å². The fraction of sp³-hybridized carbons (Fsp3) is 0.444. The lowest BCUT2D eigenvalue weighted by Gasteiger charge is -2.01. The molecule has 0 aliphatic heterocycles. The molecule has 0 aromatic carbocycles. The van der Waals surface area contributed by atoms with Crippen molar-refractivity contribution in [1.29, 1.82) is 0 Å². The molecular formula is C9H13NO2. The molecule has 0 radical (unpaired) electrons. The predicted molar refractivity (Wildman–Crippen MR) is 47.2 cm³/mol. The van der Waals surface area contributed by atoms with Gasteiger partial charge in [0.2, 0.25) is 0 Å². The van der Waals surface area contributed by atoms with E-state index >= 15 is 0 Å². The number of hydrogen-bond acceptors (Lipinski definition) is 3. The van der Waals surface area contributed by atoms with Gasteiger partial charge in [-0.1, -0.05) is 5.92 Å². The maximum absolute atomic E-state index is 10.9. The zero-order valence-corrected chi connectivity index (χ0v) is 7.39. The number of allylic oxidation sites excluding steroid dienone is 1. The van der Waals surface area contributed by atoms with E-state index in [2.05, 4.69) is 16.0 Å². The van der Waals surface area contributed by atoms with Gasteiger partial charge in [0.15, 0.2) is 6.61 Å². The predicted octanol–water partition coefficient (Wildman–Crippen LogP) is 0.676. The Hall–Kier alpha value is -1.43. The van der Waals surface area contributed by atoms with Gasteiger partial charge < -0.3 is 10.1 Å². The first kappa shape index (κ1) is 10.6. The second-order valence-corrected chi connectivity index (χ2v) is 2.17. The van der Waals surface area contributed by atoms with Crippen molar-refractivity contribution < 1.29 is 9.53 Å². The fourth-order valence-corrected chi connectivity index (χ4v) is 0.661. The summed E-state index contributed by atoms with van der Waals surface area (Å²) in [6.45, 7) is 4.55. The number of ether oxygens (including phenoxy) is 1. The summed E-state index contributed by atoms with van der Waals surface area (Å²) in [5.41, 5.74) is 0.777. The van der Waals surface area contributed by atoms with Crippen molar-refractivity contribution in [2.45, 2.75) is 13.8 Å². The molecule has 12 heavy (non-hydrogen) atoms. The third-order valence-electron chi connectivity index (χ3n) is 1.09. The van der Waals surface area contributed by atoms with Crippen LogP contribution in [0.25, 0.3) is 0 Å². The largest absolute Gasteiger partial charge is 0.449 e. The van der Waals surface area contributed by atoms with E-state index in [1.807, 2.05) is 6.92 Å². The van der Waals surface area contributed by atoms with Crippen LogP contribution in [0.2, 0.25) is 0 Å². The van der Waals surface area contributed by atoms with Gasteiger partial charge in [-0.15, -0.1) is 6.42 Å². The molecule has 0 spiro atoms. The molecule has 0 amide bonds. The van der Waals surface area contributed by atoms with Crippen molar-refractivity contribution in [2.75, 3.05) is 13.2 Å². The van der Waals surface area contributed by atoms with E-state index in [1.54, 1.807) is 6.92 Å². The number of terminal acetylenes is 1. The molecule has 3 nitrogen and oxygen atoms in total. The Balaban J connectivity index is 3.81. The third kappa shape index (κ3) is 5.36. The zero-order chi connectivity index (χ0) is 9.40. The van der Waals surface area contributed by atoms with E-state index in [1.165, 1.54) is 6.08 Å². The van der Waals surface area contributed by atoms with Gasteiger partial charge in [-0.2, -0.15) is 0 Å². The third-order valence-corrected chi connectivity index (χ3v) is 1.09. The molecule has 0 aromatic rings. The summed E-state index contributed by atoms with van der Waals surface area (Å²) in [6, 6.07) is 0. The highest BCUT2D eigenvalue weighted by Gasteiger charge is 1.96. The van der Waals surface area contributed by atoms with E-state index in [9.17, 15) is 4.79 Å². The first-order chi connectivity index (χ1) is 5.70. The SMILES string of the molecule is C#CCOC(=O)C=C(C)NCC. The average molecular weight is 167 g/mol. The van der Waals surface area contributed by atoms with Crippen molar-refractivity contribution in [3.63, 3.8) is 0 Å². The topological polar surface area (TPSA) is 38.3 Å². The molecule has 0 bridgehead atoms. The van der Waals surface area contributed by atoms with Crippen LogP contribution >= 0.6 is 0 Å². The smallest absolute Gasteiger partial charge is 0.333 e. The Morgan fingerprint density at radius 1 is 1.75 bits per heavy atom. The van der Waals surface area contributed by atoms with Gasteiger partial charge in [0.1, 0.15) is 0 Å². The molecule has 0 aliphatic carbocycles. The van der Waals surface area contributed by atoms with Crippen molar-refractivity contribution in [3.8, 4) is 12.3 Å². The summed E-state index contributed by atoms with van der Waals surface area (Å²) in [6.07, 6.45) is 6.28. The van der Waals surface area contributed by atoms with Gasteiger partial charge in [0.05, 0.1) is 0 Å². The molecule has 66 valence electrons. The highest BCUT2D eigenvalue weighted by atomic mass is 16.5. The highest BCUT2D eigenvalue weighted by molar-refractivity contribution is 5.82. The molecule has 0 saturated heterocycles. The average Bonchev–Trinajstić information content (AvgIpc) is 2.01. The maximum Gasteiger partial charge on any atom is 0.333 e. The van der Waals surface area contributed by atoms with Crippen molar-refractivity contribution >= 4 is 5.97 Å². The minimum atomic E-state index is -0.411. The maximum atomic E-state index is 10.9. The minimum absolute atomic E-state index is 0.0226. The number of carbonyl (C=O) groups is 1. The summed E-state index contributed by atoms with van der Waals surface area (Å²) in [4.78, 5) is 10.9. The van der Waals surface area contributed by atoms with Gasteiger partial charge in [0.25, 0.3) is 0 Å². The zero-order valence-electron chi connectivity index (χ0n) is 7.39. The van der Waals surface area contributed by atoms with Crippen LogP contribution in [-0.4, -0.2) is 19.1 Å². The fourth-order valence-electron chi connectivity index (χ4n) is 0.661. The van der Waals surface area contributed by atoms with Gasteiger partial charge in [-0.25, -0.2) is 4.79 Å². The molecule has 0 saturated carbocycles. The van der Waals surface area contributed by atoms with E-state index < -0.39 is 5.97 Å². The van der Waals surface area contributed by atoms with Crippen molar-refractivity contribution in [3.05, 3.63) is 11.8 Å². The molecule has 0 heterocycles. The summed E-state index contributed by atoms with van der Waals surface area (Å²) in [7, 11) is 0. The van der Waals surface area contributed by atoms with Crippen LogP contribution in [0.15, 0.2) is 11.8 Å². The van der Waals surface area contributed by atoms with E-state index in [4.69, 9.17) is 6.42 Å². The van der Waals surface area contributed by atoms with Gasteiger partial charge >= 0.3 is 5.97 Å². The normalized spacial score (nSPS) is 10.2. The lowest BCUT2D eigenvalue weighted by Crippen LogP contribution is -2.12. The lowest BCUT2D eigenvalue weighted by atomic mass is 10.4. The Kier molecular flexibility index (Phi) is 5.54. The monoisotopic (exact) mass is 167 g/mol. The second-order valence-electron chi connectivity index (χ2n) is 2.17. The van der Waals surface area contributed by atoms with Crippen LogP contribution in [0.5, 0.6) is 0 Å². The number of hydrogen-bond donors (Lipinski definition) is 1. The Bertz CT molecular complexity index is 213. The molecule has 0 aromatic heterocycles. The van der Waals surface area contributed by atoms with Crippen LogP contribution < -0.4 is 5.32 Å². The number of nitrogens with one attached hydrogen (secondary N) is 1. The molecular weight excluding hydrogens is 154 g/mol. The molecule has 3 heteroatoms.